The van der Waals surface area contributed by atoms with Crippen molar-refractivity contribution in [2.24, 2.45) is 0 Å². The molecule has 0 aliphatic carbocycles. The van der Waals surface area contributed by atoms with Gasteiger partial charge in [0.2, 0.25) is 10.0 Å². The summed E-state index contributed by atoms with van der Waals surface area (Å²) in [6.07, 6.45) is 1.79. The predicted molar refractivity (Wildman–Crippen MR) is 130 cm³/mol. The molecule has 10 heteroatoms. The quantitative estimate of drug-likeness (QED) is 0.345. The molecular weight excluding hydrogens is 470 g/mol. The molecule has 34 heavy (non-hydrogen) atoms. The lowest BCUT2D eigenvalue weighted by Crippen LogP contribution is -2.27. The Labute approximate surface area is 203 Å². The van der Waals surface area contributed by atoms with Crippen molar-refractivity contribution in [3.05, 3.63) is 71.6 Å². The van der Waals surface area contributed by atoms with E-state index in [1.54, 1.807) is 22.5 Å². The number of benzene rings is 2. The lowest BCUT2D eigenvalue weighted by atomic mass is 10.2. The Morgan fingerprint density at radius 2 is 1.76 bits per heavy atom. The fourth-order valence-corrected chi connectivity index (χ4v) is 6.75. The van der Waals surface area contributed by atoms with Gasteiger partial charge in [-0.3, -0.25) is 4.57 Å². The van der Waals surface area contributed by atoms with Gasteiger partial charge in [0.25, 0.3) is 0 Å². The molecule has 1 saturated heterocycles. The molecule has 2 aromatic heterocycles. The van der Waals surface area contributed by atoms with Crippen LogP contribution < -0.4 is 0 Å². The van der Waals surface area contributed by atoms with E-state index in [4.69, 9.17) is 4.52 Å². The smallest absolute Gasteiger partial charge is 0.243 e. The van der Waals surface area contributed by atoms with Crippen LogP contribution in [0, 0.1) is 13.8 Å². The predicted octanol–water partition coefficient (Wildman–Crippen LogP) is 4.62. The lowest BCUT2D eigenvalue weighted by Gasteiger charge is -2.16. The zero-order chi connectivity index (χ0) is 23.7. The molecule has 4 aromatic rings. The second kappa shape index (κ2) is 9.36. The Bertz CT molecular complexity index is 1390. The fourth-order valence-electron chi connectivity index (χ4n) is 4.08. The Morgan fingerprint density at radius 1 is 1.00 bits per heavy atom. The highest BCUT2D eigenvalue weighted by Gasteiger charge is 2.28. The van der Waals surface area contributed by atoms with Crippen LogP contribution in [0.15, 0.2) is 69.2 Å². The third-order valence-electron chi connectivity index (χ3n) is 5.97. The van der Waals surface area contributed by atoms with Crippen molar-refractivity contribution >= 4 is 21.8 Å². The van der Waals surface area contributed by atoms with Crippen molar-refractivity contribution in [2.75, 3.05) is 13.1 Å². The summed E-state index contributed by atoms with van der Waals surface area (Å²) >= 11 is 1.54. The SMILES string of the molecule is Cc1noc(C)c1CSc1nnc(-c2cccc(S(=O)(=O)N3CCCC3)c2)n1-c1ccccc1. The van der Waals surface area contributed by atoms with Gasteiger partial charge in [-0.15, -0.1) is 10.2 Å². The summed E-state index contributed by atoms with van der Waals surface area (Å²) in [7, 11) is -3.54. The zero-order valence-corrected chi connectivity index (χ0v) is 20.6. The van der Waals surface area contributed by atoms with Crippen LogP contribution in [0.3, 0.4) is 0 Å². The number of aromatic nitrogens is 4. The van der Waals surface area contributed by atoms with Gasteiger partial charge in [-0.05, 0) is 51.0 Å². The summed E-state index contributed by atoms with van der Waals surface area (Å²) in [4.78, 5) is 0.277. The number of sulfonamides is 1. The number of aryl methyl sites for hydroxylation is 2. The van der Waals surface area contributed by atoms with Crippen LogP contribution in [-0.4, -0.2) is 45.7 Å². The summed E-state index contributed by atoms with van der Waals surface area (Å²) in [6.45, 7) is 4.95. The molecule has 1 aliphatic rings. The van der Waals surface area contributed by atoms with E-state index in [0.717, 1.165) is 35.5 Å². The molecule has 3 heterocycles. The van der Waals surface area contributed by atoms with E-state index in [9.17, 15) is 8.42 Å². The molecule has 5 rings (SSSR count). The molecule has 8 nitrogen and oxygen atoms in total. The van der Waals surface area contributed by atoms with Crippen molar-refractivity contribution in [3.8, 4) is 17.1 Å². The molecular formula is C24H25N5O3S2. The average Bonchev–Trinajstić information content (AvgIpc) is 3.60. The van der Waals surface area contributed by atoms with Gasteiger partial charge < -0.3 is 4.52 Å². The highest BCUT2D eigenvalue weighted by Crippen LogP contribution is 2.32. The Morgan fingerprint density at radius 3 is 2.47 bits per heavy atom. The van der Waals surface area contributed by atoms with Crippen LogP contribution in [0.1, 0.15) is 29.9 Å². The second-order valence-corrected chi connectivity index (χ2v) is 11.1. The molecule has 1 aliphatic heterocycles. The first-order valence-electron chi connectivity index (χ1n) is 11.1. The summed E-state index contributed by atoms with van der Waals surface area (Å²) in [5, 5.41) is 13.7. The molecule has 1 fully saturated rings. The van der Waals surface area contributed by atoms with E-state index in [0.29, 0.717) is 35.4 Å². The molecule has 2 aromatic carbocycles. The number of thioether (sulfide) groups is 1. The monoisotopic (exact) mass is 495 g/mol. The maximum Gasteiger partial charge on any atom is 0.243 e. The van der Waals surface area contributed by atoms with Crippen LogP contribution in [0.2, 0.25) is 0 Å². The average molecular weight is 496 g/mol. The topological polar surface area (TPSA) is 94.1 Å². The van der Waals surface area contributed by atoms with Crippen molar-refractivity contribution < 1.29 is 12.9 Å². The number of nitrogens with zero attached hydrogens (tertiary/aromatic N) is 5. The van der Waals surface area contributed by atoms with Crippen molar-refractivity contribution in [2.45, 2.75) is 42.5 Å². The van der Waals surface area contributed by atoms with Crippen molar-refractivity contribution in [3.63, 3.8) is 0 Å². The molecule has 0 unspecified atom stereocenters. The molecule has 0 atom stereocenters. The van der Waals surface area contributed by atoms with Gasteiger partial charge in [0, 0.05) is 35.7 Å². The number of rotatable bonds is 7. The van der Waals surface area contributed by atoms with Crippen LogP contribution in [0.5, 0.6) is 0 Å². The molecule has 0 N–H and O–H groups in total. The minimum atomic E-state index is -3.54. The van der Waals surface area contributed by atoms with Gasteiger partial charge in [0.1, 0.15) is 5.76 Å². The van der Waals surface area contributed by atoms with Gasteiger partial charge in [0.05, 0.1) is 10.6 Å². The van der Waals surface area contributed by atoms with Gasteiger partial charge in [-0.2, -0.15) is 4.31 Å². The summed E-state index contributed by atoms with van der Waals surface area (Å²) in [5.74, 6) is 2.01. The van der Waals surface area contributed by atoms with Gasteiger partial charge in [0.15, 0.2) is 11.0 Å². The van der Waals surface area contributed by atoms with Crippen LogP contribution in [0.25, 0.3) is 17.1 Å². The van der Waals surface area contributed by atoms with E-state index in [1.807, 2.05) is 54.8 Å². The van der Waals surface area contributed by atoms with Crippen molar-refractivity contribution in [1.82, 2.24) is 24.2 Å². The second-order valence-electron chi connectivity index (χ2n) is 8.21. The summed E-state index contributed by atoms with van der Waals surface area (Å²) < 4.78 is 35.1. The normalized spacial score (nSPS) is 14.6. The fraction of sp³-hybridized carbons (Fsp3) is 0.292. The molecule has 0 saturated carbocycles. The van der Waals surface area contributed by atoms with Crippen molar-refractivity contribution in [1.29, 1.82) is 0 Å². The van der Waals surface area contributed by atoms with E-state index >= 15 is 0 Å². The molecule has 0 bridgehead atoms. The Hall–Kier alpha value is -2.95. The highest BCUT2D eigenvalue weighted by molar-refractivity contribution is 7.98. The van der Waals surface area contributed by atoms with E-state index < -0.39 is 10.0 Å². The standard InChI is InChI=1S/C24H25N5O3S2/c1-17-22(18(2)32-27-17)16-33-24-26-25-23(29(24)20-10-4-3-5-11-20)19-9-8-12-21(15-19)34(30,31)28-13-6-7-14-28/h3-5,8-12,15H,6-7,13-14,16H2,1-2H3. The Kier molecular flexibility index (Phi) is 6.28. The van der Waals surface area contributed by atoms with Crippen LogP contribution in [0.4, 0.5) is 0 Å². The van der Waals surface area contributed by atoms with Gasteiger partial charge in [-0.25, -0.2) is 8.42 Å². The number of hydrogen-bond donors (Lipinski definition) is 0. The van der Waals surface area contributed by atoms with Crippen LogP contribution in [-0.2, 0) is 15.8 Å². The third kappa shape index (κ3) is 4.28. The summed E-state index contributed by atoms with van der Waals surface area (Å²) in [6, 6.07) is 16.8. The Balaban J connectivity index is 1.55. The molecule has 176 valence electrons. The first kappa shape index (κ1) is 22.8. The zero-order valence-electron chi connectivity index (χ0n) is 19.0. The number of para-hydroxylation sites is 1. The first-order chi connectivity index (χ1) is 16.4. The minimum Gasteiger partial charge on any atom is -0.361 e. The third-order valence-corrected chi connectivity index (χ3v) is 8.82. The maximum atomic E-state index is 13.1. The largest absolute Gasteiger partial charge is 0.361 e. The summed E-state index contributed by atoms with van der Waals surface area (Å²) in [5.41, 5.74) is 3.49. The van der Waals surface area contributed by atoms with Crippen LogP contribution >= 0.6 is 11.8 Å². The maximum absolute atomic E-state index is 13.1. The van der Waals surface area contributed by atoms with E-state index in [1.165, 1.54) is 11.8 Å². The van der Waals surface area contributed by atoms with E-state index in [2.05, 4.69) is 15.4 Å². The van der Waals surface area contributed by atoms with Gasteiger partial charge >= 0.3 is 0 Å². The minimum absolute atomic E-state index is 0.277. The first-order valence-corrected chi connectivity index (χ1v) is 13.5. The van der Waals surface area contributed by atoms with E-state index in [-0.39, 0.29) is 4.90 Å². The lowest BCUT2D eigenvalue weighted by molar-refractivity contribution is 0.392. The highest BCUT2D eigenvalue weighted by atomic mass is 32.2. The molecule has 0 amide bonds. The molecule has 0 spiro atoms. The number of hydrogen-bond acceptors (Lipinski definition) is 7. The van der Waals surface area contributed by atoms with Gasteiger partial charge in [-0.1, -0.05) is 47.3 Å². The molecule has 0 radical (unpaired) electrons.